The van der Waals surface area contributed by atoms with Crippen molar-refractivity contribution in [1.29, 1.82) is 0 Å². The molecule has 0 atom stereocenters. The minimum absolute atomic E-state index is 0.0270. The van der Waals surface area contributed by atoms with Gasteiger partial charge in [0.05, 0.1) is 0 Å². The van der Waals surface area contributed by atoms with Crippen molar-refractivity contribution < 1.29 is 0 Å². The summed E-state index contributed by atoms with van der Waals surface area (Å²) < 4.78 is 5.06. The first-order chi connectivity index (χ1) is 28.7. The van der Waals surface area contributed by atoms with E-state index >= 15 is 0 Å². The smallest absolute Gasteiger partial charge is 0.164 e. The lowest BCUT2D eigenvalue weighted by Crippen LogP contribution is -2.55. The number of fused-ring (bicyclic) bond motifs is 10. The fourth-order valence-electron chi connectivity index (χ4n) is 12.7. The summed E-state index contributed by atoms with van der Waals surface area (Å²) >= 11 is 3.68. The highest BCUT2D eigenvalue weighted by Gasteiger charge is 2.61. The van der Waals surface area contributed by atoms with Crippen LogP contribution in [0.5, 0.6) is 0 Å². The van der Waals surface area contributed by atoms with Crippen LogP contribution in [0.15, 0.2) is 140 Å². The van der Waals surface area contributed by atoms with E-state index in [9.17, 15) is 0 Å². The van der Waals surface area contributed by atoms with Crippen molar-refractivity contribution >= 4 is 73.8 Å². The highest BCUT2D eigenvalue weighted by Crippen LogP contribution is 2.69. The minimum atomic E-state index is 0.0270. The number of aromatic nitrogens is 3. The molecule has 15 rings (SSSR count). The summed E-state index contributed by atoms with van der Waals surface area (Å²) in [5.41, 5.74) is 9.17. The van der Waals surface area contributed by atoms with Gasteiger partial charge >= 0.3 is 0 Å². The SMILES string of the molecule is c1ccc2cc3c(cc2c1)-c1ccc(-c2nc(-c4cccc5sc6ccccc6c45)nc(-c4cccc5sc6ccccc6c45)n2)cc1C31C2CC3CC(C2)CC1C3. The molecule has 4 saturated carbocycles. The fourth-order valence-corrected chi connectivity index (χ4v) is 15.0. The Kier molecular flexibility index (Phi) is 6.49. The van der Waals surface area contributed by atoms with Crippen LogP contribution in [0.2, 0.25) is 0 Å². The van der Waals surface area contributed by atoms with Gasteiger partial charge in [-0.2, -0.15) is 0 Å². The van der Waals surface area contributed by atoms with Crippen LogP contribution < -0.4 is 0 Å². The summed E-state index contributed by atoms with van der Waals surface area (Å²) in [6, 6.07) is 52.0. The molecule has 276 valence electrons. The average Bonchev–Trinajstić information content (AvgIpc) is 3.92. The summed E-state index contributed by atoms with van der Waals surface area (Å²) in [5.74, 6) is 5.29. The normalized spacial score (nSPS) is 22.9. The minimum Gasteiger partial charge on any atom is -0.208 e. The summed E-state index contributed by atoms with van der Waals surface area (Å²) in [6.07, 6.45) is 6.83. The van der Waals surface area contributed by atoms with Gasteiger partial charge in [-0.05, 0) is 131 Å². The Morgan fingerprint density at radius 2 is 0.931 bits per heavy atom. The van der Waals surface area contributed by atoms with E-state index < -0.39 is 0 Å². The van der Waals surface area contributed by atoms with E-state index in [4.69, 9.17) is 15.0 Å². The Morgan fingerprint density at radius 1 is 0.414 bits per heavy atom. The van der Waals surface area contributed by atoms with Crippen molar-refractivity contribution in [1.82, 2.24) is 15.0 Å². The van der Waals surface area contributed by atoms with E-state index in [1.54, 1.807) is 5.56 Å². The molecular weight excluding hydrogens is 743 g/mol. The molecule has 5 aliphatic carbocycles. The van der Waals surface area contributed by atoms with Gasteiger partial charge in [0.15, 0.2) is 17.5 Å². The second-order valence-corrected chi connectivity index (χ2v) is 19.7. The van der Waals surface area contributed by atoms with E-state index in [-0.39, 0.29) is 5.41 Å². The average molecular weight is 780 g/mol. The molecule has 10 aromatic rings. The van der Waals surface area contributed by atoms with Crippen LogP contribution in [-0.2, 0) is 5.41 Å². The third kappa shape index (κ3) is 4.31. The third-order valence-corrected chi connectivity index (χ3v) is 17.0. The van der Waals surface area contributed by atoms with E-state index in [1.807, 2.05) is 22.7 Å². The molecule has 0 aliphatic heterocycles. The summed E-state index contributed by atoms with van der Waals surface area (Å²) in [4.78, 5) is 16.4. The van der Waals surface area contributed by atoms with Gasteiger partial charge < -0.3 is 0 Å². The molecule has 0 unspecified atom stereocenters. The maximum Gasteiger partial charge on any atom is 0.164 e. The molecule has 1 spiro atoms. The number of benzene rings is 7. The second kappa shape index (κ2) is 11.7. The molecule has 7 aromatic carbocycles. The zero-order chi connectivity index (χ0) is 37.7. The Morgan fingerprint density at radius 3 is 1.55 bits per heavy atom. The van der Waals surface area contributed by atoms with Crippen LogP contribution in [0.1, 0.15) is 43.2 Å². The van der Waals surface area contributed by atoms with Crippen LogP contribution in [-0.4, -0.2) is 15.0 Å². The standard InChI is InChI=1S/C53H37N3S2/c1-2-10-32-27-43-41(26-31(32)9-1)36-20-19-33(28-42(36)53(43)34-22-29-21-30(24-34)25-35(53)23-29)50-54-51(39-13-7-17-46-48(39)37-11-3-5-15-44(37)57-46)56-52(55-50)40-14-8-18-47-49(40)38-12-4-6-16-45(38)58-47/h1-20,26-30,34-35H,21-25H2. The number of hydrogen-bond acceptors (Lipinski definition) is 5. The van der Waals surface area contributed by atoms with Gasteiger partial charge in [0, 0.05) is 62.4 Å². The van der Waals surface area contributed by atoms with Gasteiger partial charge in [-0.3, -0.25) is 0 Å². The Bertz CT molecular complexity index is 3230. The predicted molar refractivity (Wildman–Crippen MR) is 243 cm³/mol. The van der Waals surface area contributed by atoms with Crippen LogP contribution in [0.25, 0.3) is 96.4 Å². The van der Waals surface area contributed by atoms with Crippen LogP contribution >= 0.6 is 22.7 Å². The predicted octanol–water partition coefficient (Wildman–Crippen LogP) is 14.5. The molecule has 3 nitrogen and oxygen atoms in total. The van der Waals surface area contributed by atoms with Crippen molar-refractivity contribution in [2.75, 3.05) is 0 Å². The largest absolute Gasteiger partial charge is 0.208 e. The lowest BCUT2D eigenvalue weighted by atomic mass is 9.43. The highest BCUT2D eigenvalue weighted by molar-refractivity contribution is 7.26. The summed E-state index contributed by atoms with van der Waals surface area (Å²) in [5, 5.41) is 7.62. The monoisotopic (exact) mass is 779 g/mol. The zero-order valence-corrected chi connectivity index (χ0v) is 33.4. The molecule has 3 heterocycles. The molecular formula is C53H37N3S2. The molecule has 0 amide bonds. The number of nitrogens with zero attached hydrogens (tertiary/aromatic N) is 3. The first-order valence-corrected chi connectivity index (χ1v) is 22.6. The molecule has 4 fully saturated rings. The van der Waals surface area contributed by atoms with Crippen molar-refractivity contribution in [3.63, 3.8) is 0 Å². The Hall–Kier alpha value is -5.75. The van der Waals surface area contributed by atoms with Gasteiger partial charge in [-0.15, -0.1) is 22.7 Å². The van der Waals surface area contributed by atoms with Crippen molar-refractivity contribution in [2.24, 2.45) is 23.7 Å². The maximum atomic E-state index is 5.50. The van der Waals surface area contributed by atoms with Crippen LogP contribution in [0.3, 0.4) is 0 Å². The van der Waals surface area contributed by atoms with Crippen LogP contribution in [0.4, 0.5) is 0 Å². The molecule has 0 radical (unpaired) electrons. The lowest BCUT2D eigenvalue weighted by Gasteiger charge is -2.61. The number of thiophene rings is 2. The molecule has 5 aliphatic rings. The maximum absolute atomic E-state index is 5.50. The lowest BCUT2D eigenvalue weighted by molar-refractivity contribution is -0.0398. The fraction of sp³-hybridized carbons (Fsp3) is 0.189. The topological polar surface area (TPSA) is 38.7 Å². The van der Waals surface area contributed by atoms with Gasteiger partial charge in [0.2, 0.25) is 0 Å². The molecule has 0 N–H and O–H groups in total. The van der Waals surface area contributed by atoms with Gasteiger partial charge in [-0.1, -0.05) is 97.1 Å². The van der Waals surface area contributed by atoms with Crippen molar-refractivity contribution in [3.8, 4) is 45.3 Å². The van der Waals surface area contributed by atoms with E-state index in [2.05, 4.69) is 140 Å². The Balaban J connectivity index is 1.04. The third-order valence-electron chi connectivity index (χ3n) is 14.7. The number of hydrogen-bond donors (Lipinski definition) is 0. The van der Waals surface area contributed by atoms with E-state index in [0.717, 1.165) is 46.0 Å². The molecule has 4 bridgehead atoms. The van der Waals surface area contributed by atoms with Gasteiger partial charge in [0.25, 0.3) is 0 Å². The second-order valence-electron chi connectivity index (χ2n) is 17.5. The Labute approximate surface area is 344 Å². The van der Waals surface area contributed by atoms with E-state index in [0.29, 0.717) is 11.8 Å². The molecule has 0 saturated heterocycles. The summed E-state index contributed by atoms with van der Waals surface area (Å²) in [6.45, 7) is 0. The highest BCUT2D eigenvalue weighted by atomic mass is 32.1. The first kappa shape index (κ1) is 32.2. The molecule has 58 heavy (non-hydrogen) atoms. The molecule has 5 heteroatoms. The van der Waals surface area contributed by atoms with Crippen molar-refractivity contribution in [3.05, 3.63) is 151 Å². The zero-order valence-electron chi connectivity index (χ0n) is 31.8. The van der Waals surface area contributed by atoms with E-state index in [1.165, 1.54) is 99.9 Å². The number of rotatable bonds is 3. The quantitative estimate of drug-likeness (QED) is 0.179. The van der Waals surface area contributed by atoms with Crippen molar-refractivity contribution in [2.45, 2.75) is 37.5 Å². The summed E-state index contributed by atoms with van der Waals surface area (Å²) in [7, 11) is 0. The molecule has 3 aromatic heterocycles. The van der Waals surface area contributed by atoms with Crippen LogP contribution in [0, 0.1) is 23.7 Å². The first-order valence-electron chi connectivity index (χ1n) is 20.9. The van der Waals surface area contributed by atoms with Gasteiger partial charge in [-0.25, -0.2) is 15.0 Å². The van der Waals surface area contributed by atoms with Gasteiger partial charge in [0.1, 0.15) is 0 Å².